The predicted molar refractivity (Wildman–Crippen MR) is 85.9 cm³/mol. The lowest BCUT2D eigenvalue weighted by molar-refractivity contribution is 0.0972. The van der Waals surface area contributed by atoms with Crippen LogP contribution in [0.25, 0.3) is 0 Å². The minimum absolute atomic E-state index is 0.0585. The fraction of sp³-hybridized carbons (Fsp3) is 0.333. The van der Waals surface area contributed by atoms with E-state index in [4.69, 9.17) is 9.47 Å². The van der Waals surface area contributed by atoms with E-state index >= 15 is 0 Å². The molecule has 1 unspecified atom stereocenters. The topological polar surface area (TPSA) is 48.4 Å². The van der Waals surface area contributed by atoms with Crippen molar-refractivity contribution in [1.29, 1.82) is 0 Å². The number of pyridine rings is 1. The Bertz CT molecular complexity index is 667. The Balaban J connectivity index is 2.20. The maximum absolute atomic E-state index is 12.6. The van der Waals surface area contributed by atoms with Gasteiger partial charge < -0.3 is 9.47 Å². The molecule has 1 heterocycles. The van der Waals surface area contributed by atoms with Crippen molar-refractivity contribution in [3.8, 4) is 11.5 Å². The van der Waals surface area contributed by atoms with E-state index in [1.807, 2.05) is 19.2 Å². The first kappa shape index (κ1) is 16.0. The van der Waals surface area contributed by atoms with E-state index in [9.17, 15) is 4.79 Å². The molecular weight excluding hydrogens is 278 g/mol. The number of benzene rings is 1. The van der Waals surface area contributed by atoms with Crippen LogP contribution in [0, 0.1) is 6.92 Å². The number of ether oxygens (including phenoxy) is 2. The summed E-state index contributed by atoms with van der Waals surface area (Å²) in [6, 6.07) is 7.23. The summed E-state index contributed by atoms with van der Waals surface area (Å²) in [5.41, 5.74) is 2.84. The number of aromatic nitrogens is 1. The first-order valence-corrected chi connectivity index (χ1v) is 7.22. The van der Waals surface area contributed by atoms with Crippen molar-refractivity contribution in [2.75, 3.05) is 14.2 Å². The number of nitrogens with zero attached hydrogens (tertiary/aromatic N) is 1. The van der Waals surface area contributed by atoms with Gasteiger partial charge in [-0.15, -0.1) is 0 Å². The summed E-state index contributed by atoms with van der Waals surface area (Å²) in [5.74, 6) is 1.40. The number of ketones is 1. The predicted octanol–water partition coefficient (Wildman–Crippen LogP) is 3.78. The third-order valence-electron chi connectivity index (χ3n) is 3.80. The van der Waals surface area contributed by atoms with Crippen molar-refractivity contribution in [2.45, 2.75) is 26.2 Å². The summed E-state index contributed by atoms with van der Waals surface area (Å²) >= 11 is 0. The van der Waals surface area contributed by atoms with Gasteiger partial charge in [0.05, 0.1) is 19.8 Å². The van der Waals surface area contributed by atoms with Crippen molar-refractivity contribution >= 4 is 5.78 Å². The van der Waals surface area contributed by atoms with E-state index in [0.29, 0.717) is 23.5 Å². The first-order valence-electron chi connectivity index (χ1n) is 7.22. The number of hydrogen-bond acceptors (Lipinski definition) is 4. The SMILES string of the molecule is COc1ccc(C(=O)CC(C)c2ccncc2C)c(OC)c1. The molecule has 0 amide bonds. The molecule has 1 atom stereocenters. The molecule has 0 saturated heterocycles. The summed E-state index contributed by atoms with van der Waals surface area (Å²) in [6.45, 7) is 4.06. The molecule has 4 heteroatoms. The second-order valence-electron chi connectivity index (χ2n) is 5.33. The third kappa shape index (κ3) is 3.45. The highest BCUT2D eigenvalue weighted by Crippen LogP contribution is 2.29. The highest BCUT2D eigenvalue weighted by molar-refractivity contribution is 5.99. The smallest absolute Gasteiger partial charge is 0.167 e. The molecule has 0 aliphatic heterocycles. The molecule has 116 valence electrons. The van der Waals surface area contributed by atoms with Gasteiger partial charge in [0.2, 0.25) is 0 Å². The molecule has 22 heavy (non-hydrogen) atoms. The van der Waals surface area contributed by atoms with Gasteiger partial charge in [-0.2, -0.15) is 0 Å². The molecule has 4 nitrogen and oxygen atoms in total. The van der Waals surface area contributed by atoms with Crippen LogP contribution in [0.5, 0.6) is 11.5 Å². The average molecular weight is 299 g/mol. The molecule has 0 aliphatic carbocycles. The minimum atomic E-state index is 0.0585. The number of methoxy groups -OCH3 is 2. The molecule has 1 aromatic carbocycles. The molecule has 0 fully saturated rings. The number of hydrogen-bond donors (Lipinski definition) is 0. The zero-order valence-corrected chi connectivity index (χ0v) is 13.4. The lowest BCUT2D eigenvalue weighted by Gasteiger charge is -2.15. The molecule has 0 spiro atoms. The van der Waals surface area contributed by atoms with Crippen LogP contribution in [0.4, 0.5) is 0 Å². The highest BCUT2D eigenvalue weighted by Gasteiger charge is 2.18. The van der Waals surface area contributed by atoms with Gasteiger partial charge in [-0.1, -0.05) is 6.92 Å². The summed E-state index contributed by atoms with van der Waals surface area (Å²) in [7, 11) is 3.15. The van der Waals surface area contributed by atoms with E-state index in [1.54, 1.807) is 38.6 Å². The van der Waals surface area contributed by atoms with Crippen molar-refractivity contribution < 1.29 is 14.3 Å². The summed E-state index contributed by atoms with van der Waals surface area (Å²) < 4.78 is 10.5. The lowest BCUT2D eigenvalue weighted by atomic mass is 9.91. The molecule has 2 aromatic rings. The molecule has 0 radical (unpaired) electrons. The zero-order valence-electron chi connectivity index (χ0n) is 13.4. The molecular formula is C18H21NO3. The number of Topliss-reactive ketones (excluding diaryl/α,β-unsaturated/α-hetero) is 1. The molecule has 0 N–H and O–H groups in total. The monoisotopic (exact) mass is 299 g/mol. The van der Waals surface area contributed by atoms with Crippen molar-refractivity contribution in [3.63, 3.8) is 0 Å². The van der Waals surface area contributed by atoms with Crippen LogP contribution in [0.3, 0.4) is 0 Å². The minimum Gasteiger partial charge on any atom is -0.497 e. The normalized spacial score (nSPS) is 11.8. The third-order valence-corrected chi connectivity index (χ3v) is 3.80. The Morgan fingerprint density at radius 2 is 2.00 bits per heavy atom. The van der Waals surface area contributed by atoms with Gasteiger partial charge in [0.15, 0.2) is 5.78 Å². The largest absolute Gasteiger partial charge is 0.497 e. The number of aryl methyl sites for hydroxylation is 1. The van der Waals surface area contributed by atoms with E-state index in [0.717, 1.165) is 11.1 Å². The fourth-order valence-electron chi connectivity index (χ4n) is 2.56. The number of rotatable bonds is 6. The maximum atomic E-state index is 12.6. The van der Waals surface area contributed by atoms with E-state index < -0.39 is 0 Å². The number of carbonyl (C=O) groups is 1. The van der Waals surface area contributed by atoms with Crippen LogP contribution >= 0.6 is 0 Å². The van der Waals surface area contributed by atoms with Gasteiger partial charge in [-0.05, 0) is 42.2 Å². The van der Waals surface area contributed by atoms with Crippen LogP contribution in [0.2, 0.25) is 0 Å². The quantitative estimate of drug-likeness (QED) is 0.762. The molecule has 1 aromatic heterocycles. The van der Waals surface area contributed by atoms with Gasteiger partial charge in [0, 0.05) is 24.9 Å². The van der Waals surface area contributed by atoms with Crippen LogP contribution < -0.4 is 9.47 Å². The molecule has 0 bridgehead atoms. The van der Waals surface area contributed by atoms with Gasteiger partial charge in [-0.25, -0.2) is 0 Å². The van der Waals surface area contributed by atoms with E-state index in [-0.39, 0.29) is 11.7 Å². The molecule has 0 saturated carbocycles. The van der Waals surface area contributed by atoms with Crippen LogP contribution in [-0.2, 0) is 0 Å². The molecule has 2 rings (SSSR count). The Labute approximate surface area is 131 Å². The van der Waals surface area contributed by atoms with E-state index in [2.05, 4.69) is 11.9 Å². The Hall–Kier alpha value is -2.36. The van der Waals surface area contributed by atoms with Crippen LogP contribution in [-0.4, -0.2) is 25.0 Å². The maximum Gasteiger partial charge on any atom is 0.167 e. The lowest BCUT2D eigenvalue weighted by Crippen LogP contribution is -2.08. The second kappa shape index (κ2) is 7.07. The van der Waals surface area contributed by atoms with Crippen molar-refractivity contribution in [1.82, 2.24) is 4.98 Å². The van der Waals surface area contributed by atoms with Crippen molar-refractivity contribution in [3.05, 3.63) is 53.3 Å². The van der Waals surface area contributed by atoms with E-state index in [1.165, 1.54) is 0 Å². The Morgan fingerprint density at radius 3 is 2.64 bits per heavy atom. The first-order chi connectivity index (χ1) is 10.6. The van der Waals surface area contributed by atoms with Crippen LogP contribution in [0.1, 0.15) is 40.7 Å². The second-order valence-corrected chi connectivity index (χ2v) is 5.33. The summed E-state index contributed by atoms with van der Waals surface area (Å²) in [5, 5.41) is 0. The number of carbonyl (C=O) groups excluding carboxylic acids is 1. The van der Waals surface area contributed by atoms with Crippen LogP contribution in [0.15, 0.2) is 36.7 Å². The summed E-state index contributed by atoms with van der Waals surface area (Å²) in [6.07, 6.45) is 4.01. The van der Waals surface area contributed by atoms with Gasteiger partial charge in [0.25, 0.3) is 0 Å². The Kier molecular flexibility index (Phi) is 5.15. The van der Waals surface area contributed by atoms with Crippen molar-refractivity contribution in [2.24, 2.45) is 0 Å². The standard InChI is InChI=1S/C18H21NO3/c1-12(15-7-8-19-11-13(15)2)9-17(20)16-6-5-14(21-3)10-18(16)22-4/h5-8,10-12H,9H2,1-4H3. The Morgan fingerprint density at radius 1 is 1.23 bits per heavy atom. The van der Waals surface area contributed by atoms with Gasteiger partial charge in [0.1, 0.15) is 11.5 Å². The summed E-state index contributed by atoms with van der Waals surface area (Å²) in [4.78, 5) is 16.7. The molecule has 0 aliphatic rings. The fourth-order valence-corrected chi connectivity index (χ4v) is 2.56. The van der Waals surface area contributed by atoms with Gasteiger partial charge in [-0.3, -0.25) is 9.78 Å². The average Bonchev–Trinajstić information content (AvgIpc) is 2.54. The highest BCUT2D eigenvalue weighted by atomic mass is 16.5. The van der Waals surface area contributed by atoms with Gasteiger partial charge >= 0.3 is 0 Å². The zero-order chi connectivity index (χ0) is 16.1.